The molecule has 1 heterocycles. The Hall–Kier alpha value is -2.62. The van der Waals surface area contributed by atoms with Gasteiger partial charge in [-0.2, -0.15) is 0 Å². The predicted molar refractivity (Wildman–Crippen MR) is 113 cm³/mol. The first kappa shape index (κ1) is 20.1. The van der Waals surface area contributed by atoms with Gasteiger partial charge in [0.05, 0.1) is 5.69 Å². The van der Waals surface area contributed by atoms with Crippen LogP contribution in [0.5, 0.6) is 0 Å². The van der Waals surface area contributed by atoms with E-state index in [9.17, 15) is 9.59 Å². The third-order valence-electron chi connectivity index (χ3n) is 5.72. The van der Waals surface area contributed by atoms with Gasteiger partial charge in [0.1, 0.15) is 6.54 Å². The van der Waals surface area contributed by atoms with Gasteiger partial charge in [0.15, 0.2) is 0 Å². The maximum Gasteiger partial charge on any atom is 0.242 e. The molecule has 3 rings (SSSR count). The molecule has 1 fully saturated rings. The Bertz CT molecular complexity index is 804. The van der Waals surface area contributed by atoms with Crippen LogP contribution in [0.2, 0.25) is 0 Å². The molecule has 28 heavy (non-hydrogen) atoms. The highest BCUT2D eigenvalue weighted by Crippen LogP contribution is 2.26. The lowest BCUT2D eigenvalue weighted by molar-refractivity contribution is -0.132. The maximum atomic E-state index is 12.9. The van der Waals surface area contributed by atoms with E-state index in [1.807, 2.05) is 43.0 Å². The Kier molecular flexibility index (Phi) is 6.50. The van der Waals surface area contributed by atoms with E-state index in [0.29, 0.717) is 5.92 Å². The zero-order valence-corrected chi connectivity index (χ0v) is 17.1. The molecule has 0 radical (unpaired) electrons. The Morgan fingerprint density at radius 2 is 1.57 bits per heavy atom. The van der Waals surface area contributed by atoms with Crippen molar-refractivity contribution < 1.29 is 9.59 Å². The summed E-state index contributed by atoms with van der Waals surface area (Å²) in [5.41, 5.74) is 4.27. The number of para-hydroxylation sites is 1. The first-order valence-electron chi connectivity index (χ1n) is 10.1. The number of aryl methyl sites for hydroxylation is 2. The van der Waals surface area contributed by atoms with Crippen molar-refractivity contribution in [2.75, 3.05) is 24.5 Å². The van der Waals surface area contributed by atoms with E-state index in [2.05, 4.69) is 24.3 Å². The quantitative estimate of drug-likeness (QED) is 0.785. The Labute approximate surface area is 168 Å². The molecule has 0 atom stereocenters. The molecule has 1 aliphatic heterocycles. The largest absolute Gasteiger partial charge is 0.341 e. The van der Waals surface area contributed by atoms with Crippen molar-refractivity contribution in [2.45, 2.75) is 40.0 Å². The zero-order valence-electron chi connectivity index (χ0n) is 17.1. The number of carbonyl (C=O) groups is 2. The Morgan fingerprint density at radius 1 is 0.964 bits per heavy atom. The average Bonchev–Trinajstić information content (AvgIpc) is 2.68. The summed E-state index contributed by atoms with van der Waals surface area (Å²) in [6.45, 7) is 7.16. The monoisotopic (exact) mass is 378 g/mol. The minimum atomic E-state index is -0.0929. The van der Waals surface area contributed by atoms with Gasteiger partial charge >= 0.3 is 0 Å². The lowest BCUT2D eigenvalue weighted by atomic mass is 9.90. The normalized spacial score (nSPS) is 14.8. The number of amides is 2. The standard InChI is InChI=1S/C24H30N2O2/c1-18-8-7-9-19(2)24(18)26(20(3)27)17-23(28)25-14-12-22(13-15-25)16-21-10-5-4-6-11-21/h4-11,22H,12-17H2,1-3H3. The van der Waals surface area contributed by atoms with Gasteiger partial charge in [0, 0.05) is 20.0 Å². The maximum absolute atomic E-state index is 12.9. The second-order valence-electron chi connectivity index (χ2n) is 7.86. The highest BCUT2D eigenvalue weighted by atomic mass is 16.2. The van der Waals surface area contributed by atoms with E-state index in [4.69, 9.17) is 0 Å². The summed E-state index contributed by atoms with van der Waals surface area (Å²) < 4.78 is 0. The van der Waals surface area contributed by atoms with Crippen molar-refractivity contribution in [3.8, 4) is 0 Å². The SMILES string of the molecule is CC(=O)N(CC(=O)N1CCC(Cc2ccccc2)CC1)c1c(C)cccc1C. The smallest absolute Gasteiger partial charge is 0.242 e. The van der Waals surface area contributed by atoms with Gasteiger partial charge < -0.3 is 9.80 Å². The second-order valence-corrected chi connectivity index (χ2v) is 7.86. The molecule has 2 amide bonds. The molecular weight excluding hydrogens is 348 g/mol. The lowest BCUT2D eigenvalue weighted by Crippen LogP contribution is -2.46. The summed E-state index contributed by atoms with van der Waals surface area (Å²) in [6, 6.07) is 16.5. The van der Waals surface area contributed by atoms with E-state index in [-0.39, 0.29) is 18.4 Å². The van der Waals surface area contributed by atoms with Crippen LogP contribution >= 0.6 is 0 Å². The summed E-state index contributed by atoms with van der Waals surface area (Å²) in [4.78, 5) is 28.7. The van der Waals surface area contributed by atoms with Crippen LogP contribution in [0.15, 0.2) is 48.5 Å². The summed E-state index contributed by atoms with van der Waals surface area (Å²) >= 11 is 0. The fourth-order valence-corrected chi connectivity index (χ4v) is 4.15. The number of piperidine rings is 1. The van der Waals surface area contributed by atoms with E-state index < -0.39 is 0 Å². The number of carbonyl (C=O) groups excluding carboxylic acids is 2. The fourth-order valence-electron chi connectivity index (χ4n) is 4.15. The van der Waals surface area contributed by atoms with Gasteiger partial charge in [0.25, 0.3) is 0 Å². The van der Waals surface area contributed by atoms with Crippen molar-refractivity contribution in [2.24, 2.45) is 5.92 Å². The molecule has 2 aromatic carbocycles. The van der Waals surface area contributed by atoms with Gasteiger partial charge in [-0.3, -0.25) is 9.59 Å². The molecule has 0 unspecified atom stereocenters. The highest BCUT2D eigenvalue weighted by Gasteiger charge is 2.26. The van der Waals surface area contributed by atoms with Crippen molar-refractivity contribution in [3.63, 3.8) is 0 Å². The topological polar surface area (TPSA) is 40.6 Å². The van der Waals surface area contributed by atoms with Gasteiger partial charge in [-0.1, -0.05) is 48.5 Å². The summed E-state index contributed by atoms with van der Waals surface area (Å²) in [6.07, 6.45) is 3.11. The molecule has 4 heteroatoms. The summed E-state index contributed by atoms with van der Waals surface area (Å²) in [5.74, 6) is 0.565. The van der Waals surface area contributed by atoms with Crippen LogP contribution in [0.3, 0.4) is 0 Å². The molecule has 0 aliphatic carbocycles. The van der Waals surface area contributed by atoms with Crippen molar-refractivity contribution in [1.29, 1.82) is 0 Å². The van der Waals surface area contributed by atoms with Gasteiger partial charge in [-0.05, 0) is 55.7 Å². The molecule has 0 bridgehead atoms. The van der Waals surface area contributed by atoms with Crippen molar-refractivity contribution >= 4 is 17.5 Å². The average molecular weight is 379 g/mol. The third-order valence-corrected chi connectivity index (χ3v) is 5.72. The number of hydrogen-bond acceptors (Lipinski definition) is 2. The minimum absolute atomic E-state index is 0.0380. The zero-order chi connectivity index (χ0) is 20.1. The van der Waals surface area contributed by atoms with Crippen LogP contribution in [0.25, 0.3) is 0 Å². The number of rotatable bonds is 5. The lowest BCUT2D eigenvalue weighted by Gasteiger charge is -2.34. The number of anilines is 1. The first-order chi connectivity index (χ1) is 13.5. The van der Waals surface area contributed by atoms with Crippen LogP contribution in [0.4, 0.5) is 5.69 Å². The number of nitrogens with zero attached hydrogens (tertiary/aromatic N) is 2. The fraction of sp³-hybridized carbons (Fsp3) is 0.417. The third kappa shape index (κ3) is 4.80. The summed E-state index contributed by atoms with van der Waals surface area (Å²) in [5, 5.41) is 0. The van der Waals surface area contributed by atoms with Crippen LogP contribution < -0.4 is 4.90 Å². The molecule has 0 saturated carbocycles. The van der Waals surface area contributed by atoms with E-state index in [1.165, 1.54) is 12.5 Å². The molecule has 148 valence electrons. The molecule has 1 aliphatic rings. The van der Waals surface area contributed by atoms with Crippen molar-refractivity contribution in [3.05, 3.63) is 65.2 Å². The number of benzene rings is 2. The molecule has 0 N–H and O–H groups in total. The predicted octanol–water partition coefficient (Wildman–Crippen LogP) is 4.14. The van der Waals surface area contributed by atoms with Crippen LogP contribution in [0.1, 0.15) is 36.5 Å². The Morgan fingerprint density at radius 3 is 2.14 bits per heavy atom. The Balaban J connectivity index is 1.60. The highest BCUT2D eigenvalue weighted by molar-refractivity contribution is 5.98. The first-order valence-corrected chi connectivity index (χ1v) is 10.1. The van der Waals surface area contributed by atoms with Crippen LogP contribution in [-0.2, 0) is 16.0 Å². The molecular formula is C24H30N2O2. The minimum Gasteiger partial charge on any atom is -0.341 e. The van der Waals surface area contributed by atoms with Crippen LogP contribution in [-0.4, -0.2) is 36.3 Å². The molecule has 2 aromatic rings. The molecule has 4 nitrogen and oxygen atoms in total. The number of hydrogen-bond donors (Lipinski definition) is 0. The summed E-state index contributed by atoms with van der Waals surface area (Å²) in [7, 11) is 0. The van der Waals surface area contributed by atoms with Crippen LogP contribution in [0, 0.1) is 19.8 Å². The molecule has 0 spiro atoms. The van der Waals surface area contributed by atoms with Crippen molar-refractivity contribution in [1.82, 2.24) is 4.90 Å². The molecule has 0 aromatic heterocycles. The van der Waals surface area contributed by atoms with E-state index >= 15 is 0 Å². The number of likely N-dealkylation sites (tertiary alicyclic amines) is 1. The van der Waals surface area contributed by atoms with Gasteiger partial charge in [0.2, 0.25) is 11.8 Å². The van der Waals surface area contributed by atoms with Gasteiger partial charge in [-0.25, -0.2) is 0 Å². The van der Waals surface area contributed by atoms with Gasteiger partial charge in [-0.15, -0.1) is 0 Å². The van der Waals surface area contributed by atoms with E-state index in [1.54, 1.807) is 4.90 Å². The van der Waals surface area contributed by atoms with E-state index in [0.717, 1.165) is 49.2 Å². The molecule has 1 saturated heterocycles. The second kappa shape index (κ2) is 9.05.